The third-order valence-corrected chi connectivity index (χ3v) is 2.60. The average molecular weight is 248 g/mol. The zero-order chi connectivity index (χ0) is 13.3. The van der Waals surface area contributed by atoms with Gasteiger partial charge in [-0.15, -0.1) is 0 Å². The predicted molar refractivity (Wildman–Crippen MR) is 63.5 cm³/mol. The van der Waals surface area contributed by atoms with E-state index in [-0.39, 0.29) is 5.56 Å². The van der Waals surface area contributed by atoms with Crippen molar-refractivity contribution in [1.82, 2.24) is 0 Å². The van der Waals surface area contributed by atoms with Gasteiger partial charge < -0.3 is 5.11 Å². The Kier molecular flexibility index (Phi) is 3.10. The van der Waals surface area contributed by atoms with Gasteiger partial charge in [0.15, 0.2) is 0 Å². The number of halogens is 2. The van der Waals surface area contributed by atoms with Gasteiger partial charge in [-0.25, -0.2) is 13.6 Å². The summed E-state index contributed by atoms with van der Waals surface area (Å²) in [7, 11) is 0. The van der Waals surface area contributed by atoms with Crippen molar-refractivity contribution >= 4 is 5.97 Å². The minimum absolute atomic E-state index is 0.205. The lowest BCUT2D eigenvalue weighted by Crippen LogP contribution is -2.00. The molecule has 0 saturated heterocycles. The highest BCUT2D eigenvalue weighted by Crippen LogP contribution is 2.27. The molecule has 18 heavy (non-hydrogen) atoms. The van der Waals surface area contributed by atoms with Crippen molar-refractivity contribution in [3.8, 4) is 11.1 Å². The van der Waals surface area contributed by atoms with Crippen LogP contribution < -0.4 is 0 Å². The van der Waals surface area contributed by atoms with Gasteiger partial charge in [0.25, 0.3) is 0 Å². The smallest absolute Gasteiger partial charge is 0.335 e. The summed E-state index contributed by atoms with van der Waals surface area (Å²) < 4.78 is 27.6. The Morgan fingerprint density at radius 1 is 1.11 bits per heavy atom. The van der Waals surface area contributed by atoms with E-state index in [0.29, 0.717) is 5.56 Å². The third kappa shape index (κ3) is 2.22. The molecular formula is C14H10F2O2. The number of aryl methyl sites for hydroxylation is 1. The normalized spacial score (nSPS) is 10.4. The predicted octanol–water partition coefficient (Wildman–Crippen LogP) is 3.64. The van der Waals surface area contributed by atoms with Gasteiger partial charge in [0, 0.05) is 0 Å². The zero-order valence-electron chi connectivity index (χ0n) is 9.58. The molecule has 0 aliphatic rings. The van der Waals surface area contributed by atoms with Crippen LogP contribution >= 0.6 is 0 Å². The quantitative estimate of drug-likeness (QED) is 0.880. The second-order valence-electron chi connectivity index (χ2n) is 3.99. The van der Waals surface area contributed by atoms with Crippen molar-refractivity contribution in [2.75, 3.05) is 0 Å². The van der Waals surface area contributed by atoms with E-state index in [1.165, 1.54) is 0 Å². The molecule has 0 unspecified atom stereocenters. The molecule has 2 aromatic rings. The van der Waals surface area contributed by atoms with E-state index in [0.717, 1.165) is 17.7 Å². The number of carboxylic acids is 1. The topological polar surface area (TPSA) is 37.3 Å². The summed E-state index contributed by atoms with van der Waals surface area (Å²) in [4.78, 5) is 10.7. The van der Waals surface area contributed by atoms with E-state index >= 15 is 0 Å². The number of carbonyl (C=O) groups is 1. The minimum atomic E-state index is -1.36. The summed E-state index contributed by atoms with van der Waals surface area (Å²) in [5, 5.41) is 8.71. The molecule has 0 saturated carbocycles. The maximum Gasteiger partial charge on any atom is 0.335 e. The molecule has 4 heteroatoms. The molecule has 0 aliphatic heterocycles. The number of aromatic carboxylic acids is 1. The van der Waals surface area contributed by atoms with E-state index in [1.807, 2.05) is 13.0 Å². The van der Waals surface area contributed by atoms with Gasteiger partial charge in [-0.2, -0.15) is 0 Å². The molecule has 2 rings (SSSR count). The van der Waals surface area contributed by atoms with Crippen molar-refractivity contribution < 1.29 is 18.7 Å². The van der Waals surface area contributed by atoms with E-state index < -0.39 is 23.2 Å². The SMILES string of the molecule is Cc1cccc(-c2c(F)cc(C(=O)O)cc2F)c1. The second-order valence-corrected chi connectivity index (χ2v) is 3.99. The molecule has 0 atom stereocenters. The Morgan fingerprint density at radius 3 is 2.22 bits per heavy atom. The zero-order valence-corrected chi connectivity index (χ0v) is 9.58. The first-order valence-corrected chi connectivity index (χ1v) is 5.28. The Hall–Kier alpha value is -2.23. The van der Waals surface area contributed by atoms with Gasteiger partial charge >= 0.3 is 5.97 Å². The van der Waals surface area contributed by atoms with Crippen LogP contribution in [0.25, 0.3) is 11.1 Å². The summed E-state index contributed by atoms with van der Waals surface area (Å²) in [6.07, 6.45) is 0. The molecular weight excluding hydrogens is 238 g/mol. The molecule has 2 aromatic carbocycles. The van der Waals surface area contributed by atoms with Crippen LogP contribution in [0.1, 0.15) is 15.9 Å². The largest absolute Gasteiger partial charge is 0.478 e. The highest BCUT2D eigenvalue weighted by Gasteiger charge is 2.16. The first kappa shape index (κ1) is 12.2. The van der Waals surface area contributed by atoms with E-state index in [9.17, 15) is 13.6 Å². The van der Waals surface area contributed by atoms with Gasteiger partial charge in [0.1, 0.15) is 11.6 Å². The number of hydrogen-bond donors (Lipinski definition) is 1. The highest BCUT2D eigenvalue weighted by atomic mass is 19.1. The van der Waals surface area contributed by atoms with Crippen molar-refractivity contribution in [3.63, 3.8) is 0 Å². The van der Waals surface area contributed by atoms with Gasteiger partial charge in [-0.05, 0) is 24.6 Å². The monoisotopic (exact) mass is 248 g/mol. The molecule has 0 amide bonds. The number of carboxylic acid groups (broad SMARTS) is 1. The third-order valence-electron chi connectivity index (χ3n) is 2.60. The summed E-state index contributed by atoms with van der Waals surface area (Å²) in [5.74, 6) is -3.11. The van der Waals surface area contributed by atoms with Crippen molar-refractivity contribution in [2.24, 2.45) is 0 Å². The fourth-order valence-corrected chi connectivity index (χ4v) is 1.77. The van der Waals surface area contributed by atoms with Gasteiger partial charge in [-0.3, -0.25) is 0 Å². The van der Waals surface area contributed by atoms with Crippen LogP contribution in [0.15, 0.2) is 36.4 Å². The Bertz CT molecular complexity index is 598. The van der Waals surface area contributed by atoms with Crippen molar-refractivity contribution in [2.45, 2.75) is 6.92 Å². The van der Waals surface area contributed by atoms with E-state index in [2.05, 4.69) is 0 Å². The molecule has 92 valence electrons. The van der Waals surface area contributed by atoms with Crippen LogP contribution in [-0.4, -0.2) is 11.1 Å². The molecule has 0 bridgehead atoms. The van der Waals surface area contributed by atoms with Crippen LogP contribution in [0.4, 0.5) is 8.78 Å². The summed E-state index contributed by atoms with van der Waals surface area (Å²) in [6, 6.07) is 8.36. The number of rotatable bonds is 2. The van der Waals surface area contributed by atoms with Crippen LogP contribution in [0, 0.1) is 18.6 Å². The average Bonchev–Trinajstić information content (AvgIpc) is 2.27. The van der Waals surface area contributed by atoms with Crippen LogP contribution in [0.5, 0.6) is 0 Å². The lowest BCUT2D eigenvalue weighted by atomic mass is 10.0. The Morgan fingerprint density at radius 2 is 1.72 bits per heavy atom. The Labute approximate surface area is 103 Å². The van der Waals surface area contributed by atoms with E-state index in [4.69, 9.17) is 5.11 Å². The standard InChI is InChI=1S/C14H10F2O2/c1-8-3-2-4-9(5-8)13-11(15)6-10(14(17)18)7-12(13)16/h2-7H,1H3,(H,17,18). The molecule has 1 N–H and O–H groups in total. The van der Waals surface area contributed by atoms with Gasteiger partial charge in [0.2, 0.25) is 0 Å². The molecule has 0 fully saturated rings. The maximum absolute atomic E-state index is 13.8. The molecule has 0 aliphatic carbocycles. The Balaban J connectivity index is 2.62. The lowest BCUT2D eigenvalue weighted by Gasteiger charge is -2.07. The fourth-order valence-electron chi connectivity index (χ4n) is 1.77. The highest BCUT2D eigenvalue weighted by molar-refractivity contribution is 5.88. The first-order chi connectivity index (χ1) is 8.49. The van der Waals surface area contributed by atoms with Crippen LogP contribution in [0.3, 0.4) is 0 Å². The second kappa shape index (κ2) is 4.56. The van der Waals surface area contributed by atoms with Gasteiger partial charge in [-0.1, -0.05) is 29.8 Å². The number of hydrogen-bond acceptors (Lipinski definition) is 1. The number of benzene rings is 2. The summed E-state index contributed by atoms with van der Waals surface area (Å²) >= 11 is 0. The van der Waals surface area contributed by atoms with Crippen LogP contribution in [-0.2, 0) is 0 Å². The summed E-state index contributed by atoms with van der Waals surface area (Å²) in [5.41, 5.74) is 0.653. The molecule has 0 aromatic heterocycles. The fraction of sp³-hybridized carbons (Fsp3) is 0.0714. The van der Waals surface area contributed by atoms with Crippen molar-refractivity contribution in [3.05, 3.63) is 59.2 Å². The molecule has 0 spiro atoms. The van der Waals surface area contributed by atoms with Crippen LogP contribution in [0.2, 0.25) is 0 Å². The first-order valence-electron chi connectivity index (χ1n) is 5.28. The molecule has 0 radical (unpaired) electrons. The minimum Gasteiger partial charge on any atom is -0.478 e. The maximum atomic E-state index is 13.8. The molecule has 0 heterocycles. The molecule has 2 nitrogen and oxygen atoms in total. The van der Waals surface area contributed by atoms with Gasteiger partial charge in [0.05, 0.1) is 11.1 Å². The van der Waals surface area contributed by atoms with Crippen molar-refractivity contribution in [1.29, 1.82) is 0 Å². The lowest BCUT2D eigenvalue weighted by molar-refractivity contribution is 0.0696. The van der Waals surface area contributed by atoms with E-state index in [1.54, 1.807) is 18.2 Å². The summed E-state index contributed by atoms with van der Waals surface area (Å²) in [6.45, 7) is 1.81.